The van der Waals surface area contributed by atoms with E-state index < -0.39 is 0 Å². The highest BCUT2D eigenvalue weighted by Crippen LogP contribution is 2.05. The fourth-order valence-corrected chi connectivity index (χ4v) is 1.87. The Labute approximate surface area is 124 Å². The fraction of sp³-hybridized carbons (Fsp3) is 1.00. The minimum absolute atomic E-state index is 0.209. The lowest BCUT2D eigenvalue weighted by Gasteiger charge is -2.18. The lowest BCUT2D eigenvalue weighted by molar-refractivity contribution is -0.175. The predicted molar refractivity (Wildman–Crippen MR) is 80.3 cm³/mol. The summed E-state index contributed by atoms with van der Waals surface area (Å²) in [7, 11) is 0. The van der Waals surface area contributed by atoms with Gasteiger partial charge in [0.25, 0.3) is 0 Å². The van der Waals surface area contributed by atoms with Gasteiger partial charge in [-0.05, 0) is 12.8 Å². The van der Waals surface area contributed by atoms with Crippen LogP contribution in [0.4, 0.5) is 0 Å². The molecule has 0 saturated carbocycles. The second kappa shape index (κ2) is 16.9. The summed E-state index contributed by atoms with van der Waals surface area (Å²) in [6.45, 7) is 6.19. The number of rotatable bonds is 16. The lowest BCUT2D eigenvalue weighted by Crippen LogP contribution is -2.25. The summed E-state index contributed by atoms with van der Waals surface area (Å²) in [4.78, 5) is 0. The molecule has 0 N–H and O–H groups in total. The van der Waals surface area contributed by atoms with Crippen molar-refractivity contribution < 1.29 is 19.3 Å². The third-order valence-corrected chi connectivity index (χ3v) is 3.08. The zero-order chi connectivity index (χ0) is 14.9. The molecule has 0 atom stereocenters. The van der Waals surface area contributed by atoms with Crippen molar-refractivity contribution in [2.45, 2.75) is 71.5 Å². The Balaban J connectivity index is 3.64. The molecule has 1 radical (unpaired) electrons. The van der Waals surface area contributed by atoms with Crippen LogP contribution in [0.1, 0.15) is 65.2 Å². The molecule has 0 rings (SSSR count). The largest absolute Gasteiger partial charge is 0.374 e. The van der Waals surface area contributed by atoms with E-state index in [1.807, 2.05) is 0 Å². The first-order valence-corrected chi connectivity index (χ1v) is 8.24. The van der Waals surface area contributed by atoms with E-state index >= 15 is 0 Å². The molecule has 0 unspecified atom stereocenters. The van der Waals surface area contributed by atoms with E-state index in [1.54, 1.807) is 0 Å². The molecule has 4 heteroatoms. The molecule has 0 amide bonds. The third-order valence-electron chi connectivity index (χ3n) is 3.08. The Bertz CT molecular complexity index is 162. The SMILES string of the molecule is CCCCCCOC(COCC[O])OCCCCCC. The molecular weight excluding hydrogens is 256 g/mol. The van der Waals surface area contributed by atoms with Gasteiger partial charge in [0.05, 0.1) is 13.2 Å². The summed E-state index contributed by atoms with van der Waals surface area (Å²) in [6.07, 6.45) is 9.15. The van der Waals surface area contributed by atoms with E-state index in [4.69, 9.17) is 14.2 Å². The highest BCUT2D eigenvalue weighted by atomic mass is 16.7. The lowest BCUT2D eigenvalue weighted by atomic mass is 10.2. The van der Waals surface area contributed by atoms with E-state index in [1.165, 1.54) is 38.5 Å². The molecule has 0 aromatic rings. The van der Waals surface area contributed by atoms with Crippen molar-refractivity contribution in [1.29, 1.82) is 0 Å². The van der Waals surface area contributed by atoms with Crippen LogP contribution in [0.5, 0.6) is 0 Å². The first-order valence-electron chi connectivity index (χ1n) is 8.24. The quantitative estimate of drug-likeness (QED) is 0.319. The summed E-state index contributed by atoms with van der Waals surface area (Å²) < 4.78 is 16.6. The highest BCUT2D eigenvalue weighted by Gasteiger charge is 2.09. The van der Waals surface area contributed by atoms with E-state index in [0.29, 0.717) is 19.8 Å². The monoisotopic (exact) mass is 289 g/mol. The van der Waals surface area contributed by atoms with Crippen molar-refractivity contribution in [2.75, 3.05) is 33.0 Å². The molecule has 4 nitrogen and oxygen atoms in total. The summed E-state index contributed by atoms with van der Waals surface area (Å²) in [6, 6.07) is 0. The predicted octanol–water partition coefficient (Wildman–Crippen LogP) is 3.95. The fourth-order valence-electron chi connectivity index (χ4n) is 1.87. The van der Waals surface area contributed by atoms with Crippen LogP contribution in [0.25, 0.3) is 0 Å². The Kier molecular flexibility index (Phi) is 16.8. The molecule has 0 saturated heterocycles. The molecule has 0 aliphatic rings. The summed E-state index contributed by atoms with van der Waals surface area (Å²) in [5.74, 6) is 0. The number of unbranched alkanes of at least 4 members (excludes halogenated alkanes) is 6. The standard InChI is InChI=1S/C16H33O4/c1-3-5-7-9-12-19-16(15-18-14-11-17)20-13-10-8-6-4-2/h16H,3-15H2,1-2H3. The summed E-state index contributed by atoms with van der Waals surface area (Å²) >= 11 is 0. The zero-order valence-corrected chi connectivity index (χ0v) is 13.4. The van der Waals surface area contributed by atoms with Crippen molar-refractivity contribution in [3.05, 3.63) is 0 Å². The molecule has 121 valence electrons. The molecule has 0 aliphatic carbocycles. The third kappa shape index (κ3) is 14.3. The molecule has 0 bridgehead atoms. The second-order valence-corrected chi connectivity index (χ2v) is 5.07. The number of hydrogen-bond acceptors (Lipinski definition) is 3. The maximum Gasteiger partial charge on any atom is 0.180 e. The van der Waals surface area contributed by atoms with Crippen molar-refractivity contribution in [1.82, 2.24) is 0 Å². The van der Waals surface area contributed by atoms with Crippen molar-refractivity contribution in [2.24, 2.45) is 0 Å². The van der Waals surface area contributed by atoms with Crippen LogP contribution < -0.4 is 0 Å². The highest BCUT2D eigenvalue weighted by molar-refractivity contribution is 4.47. The normalized spacial score (nSPS) is 11.4. The molecular formula is C16H33O4. The van der Waals surface area contributed by atoms with Crippen LogP contribution in [0.2, 0.25) is 0 Å². The Morgan fingerprint density at radius 1 is 0.750 bits per heavy atom. The van der Waals surface area contributed by atoms with E-state index in [9.17, 15) is 5.11 Å². The minimum atomic E-state index is -0.315. The van der Waals surface area contributed by atoms with Gasteiger partial charge in [0.1, 0.15) is 6.61 Å². The zero-order valence-electron chi connectivity index (χ0n) is 13.4. The van der Waals surface area contributed by atoms with Gasteiger partial charge in [0.2, 0.25) is 0 Å². The minimum Gasteiger partial charge on any atom is -0.374 e. The molecule has 0 aromatic heterocycles. The van der Waals surface area contributed by atoms with Gasteiger partial charge in [-0.15, -0.1) is 0 Å². The van der Waals surface area contributed by atoms with Crippen molar-refractivity contribution in [3.63, 3.8) is 0 Å². The Morgan fingerprint density at radius 2 is 1.30 bits per heavy atom. The van der Waals surface area contributed by atoms with Gasteiger partial charge in [-0.25, -0.2) is 5.11 Å². The van der Waals surface area contributed by atoms with Gasteiger partial charge in [-0.2, -0.15) is 0 Å². The van der Waals surface area contributed by atoms with Crippen LogP contribution in [0, 0.1) is 0 Å². The smallest absolute Gasteiger partial charge is 0.180 e. The van der Waals surface area contributed by atoms with E-state index in [2.05, 4.69) is 13.8 Å². The maximum absolute atomic E-state index is 10.4. The molecule has 0 fully saturated rings. The average molecular weight is 289 g/mol. The molecule has 0 aliphatic heterocycles. The summed E-state index contributed by atoms with van der Waals surface area (Å²) in [5, 5.41) is 10.4. The molecule has 20 heavy (non-hydrogen) atoms. The van der Waals surface area contributed by atoms with Gasteiger partial charge in [0.15, 0.2) is 6.29 Å². The van der Waals surface area contributed by atoms with Gasteiger partial charge < -0.3 is 14.2 Å². The first-order chi connectivity index (χ1) is 9.85. The average Bonchev–Trinajstić information content (AvgIpc) is 2.46. The maximum atomic E-state index is 10.4. The molecule has 0 heterocycles. The van der Waals surface area contributed by atoms with Gasteiger partial charge in [-0.1, -0.05) is 52.4 Å². The van der Waals surface area contributed by atoms with Crippen LogP contribution in [0.15, 0.2) is 0 Å². The first kappa shape index (κ1) is 19.8. The Hall–Kier alpha value is -0.160. The topological polar surface area (TPSA) is 47.6 Å². The van der Waals surface area contributed by atoms with E-state index in [-0.39, 0.29) is 19.5 Å². The van der Waals surface area contributed by atoms with Crippen LogP contribution in [-0.2, 0) is 19.3 Å². The van der Waals surface area contributed by atoms with E-state index in [0.717, 1.165) is 12.8 Å². The molecule has 0 spiro atoms. The summed E-state index contributed by atoms with van der Waals surface area (Å²) in [5.41, 5.74) is 0. The van der Waals surface area contributed by atoms with Crippen molar-refractivity contribution in [3.8, 4) is 0 Å². The number of ether oxygens (including phenoxy) is 3. The van der Waals surface area contributed by atoms with Crippen LogP contribution in [-0.4, -0.2) is 39.3 Å². The Morgan fingerprint density at radius 3 is 1.75 bits per heavy atom. The van der Waals surface area contributed by atoms with Gasteiger partial charge >= 0.3 is 0 Å². The van der Waals surface area contributed by atoms with Crippen molar-refractivity contribution >= 4 is 0 Å². The van der Waals surface area contributed by atoms with Crippen LogP contribution in [0.3, 0.4) is 0 Å². The second-order valence-electron chi connectivity index (χ2n) is 5.07. The van der Waals surface area contributed by atoms with Gasteiger partial charge in [0, 0.05) is 13.2 Å². The van der Waals surface area contributed by atoms with Crippen LogP contribution >= 0.6 is 0 Å². The molecule has 0 aromatic carbocycles. The number of hydrogen-bond donors (Lipinski definition) is 0. The van der Waals surface area contributed by atoms with Gasteiger partial charge in [-0.3, -0.25) is 0 Å².